The normalized spacial score (nSPS) is 9.33. The van der Waals surface area contributed by atoms with Crippen LogP contribution in [0.25, 0.3) is 0 Å². The van der Waals surface area contributed by atoms with E-state index in [0.717, 1.165) is 6.08 Å². The summed E-state index contributed by atoms with van der Waals surface area (Å²) in [5, 5.41) is 10.9. The Labute approximate surface area is 42.4 Å². The van der Waals surface area contributed by atoms with Crippen LogP contribution in [-0.2, 0) is 0 Å². The van der Waals surface area contributed by atoms with Crippen molar-refractivity contribution in [2.75, 3.05) is 0 Å². The van der Waals surface area contributed by atoms with Gasteiger partial charge in [-0.15, -0.1) is 12.6 Å². The highest BCUT2D eigenvalue weighted by molar-refractivity contribution is 7.83. The van der Waals surface area contributed by atoms with Crippen molar-refractivity contribution in [2.45, 2.75) is 0 Å². The third kappa shape index (κ3) is 3.50. The molecule has 0 aliphatic heterocycles. The molecule has 0 aliphatic rings. The van der Waals surface area contributed by atoms with Gasteiger partial charge < -0.3 is 17.4 Å². The summed E-state index contributed by atoms with van der Waals surface area (Å²) in [5.41, 5.74) is 0. The lowest BCUT2D eigenvalue weighted by atomic mass is 10.6. The van der Waals surface area contributed by atoms with Gasteiger partial charge in [-0.3, -0.25) is 0 Å². The van der Waals surface area contributed by atoms with Crippen molar-refractivity contribution in [1.82, 2.24) is 0 Å². The molecular weight excluding hydrogens is 96.1 g/mol. The molecule has 0 amide bonds. The molecule has 6 heavy (non-hydrogen) atoms. The first-order valence-electron chi connectivity index (χ1n) is 1.35. The highest BCUT2D eigenvalue weighted by Crippen LogP contribution is 1.80. The first-order chi connectivity index (χ1) is 2.77. The van der Waals surface area contributed by atoms with Gasteiger partial charge in [0.05, 0.1) is 0 Å². The van der Waals surface area contributed by atoms with Crippen LogP contribution in [0.3, 0.4) is 0 Å². The minimum Gasteiger partial charge on any atom is -0.900 e. The van der Waals surface area contributed by atoms with Gasteiger partial charge in [0.15, 0.2) is 0 Å². The van der Waals surface area contributed by atoms with Crippen molar-refractivity contribution in [3.8, 4) is 0 Å². The molecule has 0 unspecified atom stereocenters. The van der Waals surface area contributed by atoms with Gasteiger partial charge in [0.1, 0.15) is 0 Å². The molecule has 0 aliphatic carbocycles. The third-order valence-electron chi connectivity index (χ3n) is 0.232. The lowest BCUT2D eigenvalue weighted by Gasteiger charge is -2.08. The Morgan fingerprint density at radius 3 is 2.33 bits per heavy atom. The maximum atomic E-state index is 9.67. The first-order valence-corrected chi connectivity index (χ1v) is 1.82. The molecule has 0 rings (SSSR count). The van der Waals surface area contributed by atoms with E-state index in [4.69, 9.17) is 0 Å². The van der Waals surface area contributed by atoms with E-state index in [0.29, 0.717) is 0 Å². The fourth-order valence-electron chi connectivity index (χ4n) is 0.0671. The Balaban J connectivity index is 3.30. The summed E-state index contributed by atoms with van der Waals surface area (Å²) >= 11 is 4.25. The van der Waals surface area contributed by atoms with Crippen molar-refractivity contribution in [3.05, 3.63) is 23.8 Å². The summed E-state index contributed by atoms with van der Waals surface area (Å²) in [7, 11) is 0. The molecule has 1 radical (unpaired) electrons. The summed E-state index contributed by atoms with van der Waals surface area (Å²) in [5.74, 6) is -0.495. The molecular formula is C4H3OS-2. The Hall–Kier alpha value is -0.500. The standard InChI is InChI=1S/C4H4OS/c1-4(5)2-3-6/h1-3,5H/q-1/p-1/b3-2+. The van der Waals surface area contributed by atoms with Crippen LogP contribution < -0.4 is 5.11 Å². The molecule has 0 N–H and O–H groups in total. The fraction of sp³-hybridized carbons (Fsp3) is 0. The van der Waals surface area contributed by atoms with Crippen LogP contribution in [0.15, 0.2) is 17.2 Å². The number of allylic oxidation sites excluding steroid dienone is 1. The Morgan fingerprint density at radius 2 is 2.33 bits per heavy atom. The van der Waals surface area contributed by atoms with Crippen molar-refractivity contribution in [3.63, 3.8) is 0 Å². The zero-order chi connectivity index (χ0) is 4.99. The highest BCUT2D eigenvalue weighted by Gasteiger charge is 1.41. The monoisotopic (exact) mass is 99.0 g/mol. The summed E-state index contributed by atoms with van der Waals surface area (Å²) in [6.07, 6.45) is 1.12. The van der Waals surface area contributed by atoms with E-state index in [2.05, 4.69) is 19.2 Å². The maximum absolute atomic E-state index is 9.67. The SMILES string of the molecule is [CH-]=C([O-])/C=C/[S]. The van der Waals surface area contributed by atoms with Crippen molar-refractivity contribution < 1.29 is 5.11 Å². The predicted octanol–water partition coefficient (Wildman–Crippen LogP) is 0.375. The van der Waals surface area contributed by atoms with Crippen LogP contribution in [0.5, 0.6) is 0 Å². The molecule has 33 valence electrons. The van der Waals surface area contributed by atoms with Crippen LogP contribution in [0.1, 0.15) is 0 Å². The Bertz CT molecular complexity index is 75.6. The first kappa shape index (κ1) is 5.50. The van der Waals surface area contributed by atoms with Gasteiger partial charge in [0.25, 0.3) is 0 Å². The van der Waals surface area contributed by atoms with E-state index in [-0.39, 0.29) is 0 Å². The van der Waals surface area contributed by atoms with Crippen molar-refractivity contribution >= 4 is 12.6 Å². The number of rotatable bonds is 1. The van der Waals surface area contributed by atoms with E-state index in [1.54, 1.807) is 0 Å². The lowest BCUT2D eigenvalue weighted by Crippen LogP contribution is -1.95. The van der Waals surface area contributed by atoms with Gasteiger partial charge in [-0.1, -0.05) is 5.41 Å². The Kier molecular flexibility index (Phi) is 2.50. The summed E-state index contributed by atoms with van der Waals surface area (Å²) < 4.78 is 0. The van der Waals surface area contributed by atoms with E-state index in [1.165, 1.54) is 5.41 Å². The average Bonchev–Trinajstić information content (AvgIpc) is 1.35. The Morgan fingerprint density at radius 1 is 1.83 bits per heavy atom. The van der Waals surface area contributed by atoms with E-state index in [1.807, 2.05) is 0 Å². The van der Waals surface area contributed by atoms with Crippen LogP contribution >= 0.6 is 12.6 Å². The van der Waals surface area contributed by atoms with Crippen LogP contribution in [0.2, 0.25) is 0 Å². The van der Waals surface area contributed by atoms with E-state index >= 15 is 0 Å². The molecule has 0 saturated heterocycles. The van der Waals surface area contributed by atoms with Crippen molar-refractivity contribution in [1.29, 1.82) is 0 Å². The second-order valence-electron chi connectivity index (χ2n) is 0.705. The van der Waals surface area contributed by atoms with Crippen LogP contribution in [-0.4, -0.2) is 0 Å². The van der Waals surface area contributed by atoms with Gasteiger partial charge in [0.2, 0.25) is 0 Å². The molecule has 0 aromatic rings. The minimum absolute atomic E-state index is 0.495. The third-order valence-corrected chi connectivity index (χ3v) is 0.368. The molecule has 0 heterocycles. The molecule has 0 aromatic carbocycles. The van der Waals surface area contributed by atoms with Gasteiger partial charge in [-0.05, 0) is 0 Å². The molecule has 1 nitrogen and oxygen atoms in total. The summed E-state index contributed by atoms with van der Waals surface area (Å²) in [6.45, 7) is 4.61. The maximum Gasteiger partial charge on any atom is -0.0804 e. The zero-order valence-corrected chi connectivity index (χ0v) is 3.87. The zero-order valence-electron chi connectivity index (χ0n) is 3.05. The van der Waals surface area contributed by atoms with Gasteiger partial charge in [0, 0.05) is 0 Å². The molecule has 0 aromatic heterocycles. The largest absolute Gasteiger partial charge is 0.900 e. The second-order valence-corrected chi connectivity index (χ2v) is 0.977. The number of hydrogen-bond donors (Lipinski definition) is 0. The predicted molar refractivity (Wildman–Crippen MR) is 24.5 cm³/mol. The topological polar surface area (TPSA) is 23.1 Å². The highest BCUT2D eigenvalue weighted by atomic mass is 32.1. The van der Waals surface area contributed by atoms with Crippen LogP contribution in [0.4, 0.5) is 0 Å². The van der Waals surface area contributed by atoms with Crippen LogP contribution in [0, 0.1) is 6.58 Å². The van der Waals surface area contributed by atoms with E-state index < -0.39 is 5.76 Å². The molecule has 0 atom stereocenters. The molecule has 0 fully saturated rings. The fourth-order valence-corrected chi connectivity index (χ4v) is 0.201. The van der Waals surface area contributed by atoms with Gasteiger partial charge in [-0.2, -0.15) is 0 Å². The number of hydrogen-bond acceptors (Lipinski definition) is 1. The quantitative estimate of drug-likeness (QED) is 0.265. The van der Waals surface area contributed by atoms with E-state index in [9.17, 15) is 5.11 Å². The lowest BCUT2D eigenvalue weighted by molar-refractivity contribution is -0.294. The minimum atomic E-state index is -0.495. The summed E-state index contributed by atoms with van der Waals surface area (Å²) in [4.78, 5) is 0. The van der Waals surface area contributed by atoms with Crippen molar-refractivity contribution in [2.24, 2.45) is 0 Å². The average molecular weight is 99.1 g/mol. The summed E-state index contributed by atoms with van der Waals surface area (Å²) in [6, 6.07) is 0. The molecule has 0 bridgehead atoms. The molecule has 2 heteroatoms. The molecule has 0 spiro atoms. The van der Waals surface area contributed by atoms with Gasteiger partial charge >= 0.3 is 0 Å². The smallest absolute Gasteiger partial charge is 0.0804 e. The molecule has 0 saturated carbocycles. The van der Waals surface area contributed by atoms with Gasteiger partial charge in [-0.25, -0.2) is 6.08 Å². The second kappa shape index (κ2) is 2.72.